The molecular weight excluding hydrogens is 276 g/mol. The maximum atomic E-state index is 10.3. The van der Waals surface area contributed by atoms with Gasteiger partial charge in [-0.3, -0.25) is 9.80 Å². The zero-order valence-corrected chi connectivity index (χ0v) is 13.4. The van der Waals surface area contributed by atoms with Crippen LogP contribution in [0.2, 0.25) is 0 Å². The van der Waals surface area contributed by atoms with E-state index in [1.165, 1.54) is 38.5 Å². The smallest absolute Gasteiger partial charge is 0.120 e. The SMILES string of the molecule is Oc1cc(CN2CCCCC2)c(O)cc1CN1CCCCC1. The van der Waals surface area contributed by atoms with E-state index in [0.29, 0.717) is 11.5 Å². The third-order valence-electron chi connectivity index (χ3n) is 4.97. The molecule has 0 aliphatic carbocycles. The van der Waals surface area contributed by atoms with Gasteiger partial charge in [0, 0.05) is 24.2 Å². The van der Waals surface area contributed by atoms with Crippen LogP contribution in [-0.4, -0.2) is 46.2 Å². The number of phenolic OH excluding ortho intramolecular Hbond substituents is 2. The van der Waals surface area contributed by atoms with Gasteiger partial charge in [-0.1, -0.05) is 12.8 Å². The van der Waals surface area contributed by atoms with Gasteiger partial charge >= 0.3 is 0 Å². The Kier molecular flexibility index (Phi) is 5.21. The van der Waals surface area contributed by atoms with E-state index in [4.69, 9.17) is 0 Å². The lowest BCUT2D eigenvalue weighted by Crippen LogP contribution is -2.29. The molecule has 0 spiro atoms. The van der Waals surface area contributed by atoms with Crippen molar-refractivity contribution >= 4 is 0 Å². The summed E-state index contributed by atoms with van der Waals surface area (Å²) in [6.07, 6.45) is 7.56. The van der Waals surface area contributed by atoms with Gasteiger partial charge in [0.2, 0.25) is 0 Å². The average Bonchev–Trinajstić information content (AvgIpc) is 2.54. The van der Waals surface area contributed by atoms with E-state index in [0.717, 1.165) is 50.4 Å². The molecule has 2 N–H and O–H groups in total. The molecule has 2 saturated heterocycles. The summed E-state index contributed by atoms with van der Waals surface area (Å²) in [6.45, 7) is 5.85. The Balaban J connectivity index is 1.67. The number of hydrogen-bond acceptors (Lipinski definition) is 4. The van der Waals surface area contributed by atoms with Crippen molar-refractivity contribution in [3.63, 3.8) is 0 Å². The van der Waals surface area contributed by atoms with Gasteiger partial charge in [0.05, 0.1) is 0 Å². The van der Waals surface area contributed by atoms with Crippen LogP contribution in [0.3, 0.4) is 0 Å². The van der Waals surface area contributed by atoms with E-state index in [1.54, 1.807) is 12.1 Å². The van der Waals surface area contributed by atoms with Gasteiger partial charge in [-0.05, 0) is 64.0 Å². The summed E-state index contributed by atoms with van der Waals surface area (Å²) in [5.41, 5.74) is 1.70. The van der Waals surface area contributed by atoms with Gasteiger partial charge in [-0.25, -0.2) is 0 Å². The second-order valence-corrected chi connectivity index (χ2v) is 6.78. The molecule has 1 aromatic rings. The molecule has 1 aromatic carbocycles. The predicted octanol–water partition coefficient (Wildman–Crippen LogP) is 3.07. The monoisotopic (exact) mass is 304 g/mol. The van der Waals surface area contributed by atoms with Crippen molar-refractivity contribution in [2.24, 2.45) is 0 Å². The van der Waals surface area contributed by atoms with Crippen LogP contribution in [0.4, 0.5) is 0 Å². The van der Waals surface area contributed by atoms with Crippen molar-refractivity contribution in [2.75, 3.05) is 26.2 Å². The molecule has 2 aliphatic heterocycles. The fourth-order valence-electron chi connectivity index (χ4n) is 3.63. The van der Waals surface area contributed by atoms with Crippen LogP contribution in [0.25, 0.3) is 0 Å². The second-order valence-electron chi connectivity index (χ2n) is 6.78. The van der Waals surface area contributed by atoms with Gasteiger partial charge in [-0.2, -0.15) is 0 Å². The number of aromatic hydroxyl groups is 2. The Morgan fingerprint density at radius 3 is 1.36 bits per heavy atom. The third kappa shape index (κ3) is 3.93. The average molecular weight is 304 g/mol. The molecule has 22 heavy (non-hydrogen) atoms. The molecule has 0 radical (unpaired) electrons. The molecule has 0 unspecified atom stereocenters. The summed E-state index contributed by atoms with van der Waals surface area (Å²) in [4.78, 5) is 4.73. The highest BCUT2D eigenvalue weighted by Crippen LogP contribution is 2.30. The van der Waals surface area contributed by atoms with Gasteiger partial charge in [0.1, 0.15) is 11.5 Å². The number of piperidine rings is 2. The molecule has 0 bridgehead atoms. The molecule has 122 valence electrons. The summed E-state index contributed by atoms with van der Waals surface area (Å²) in [5, 5.41) is 20.6. The number of likely N-dealkylation sites (tertiary alicyclic amines) is 2. The Hall–Kier alpha value is -1.26. The lowest BCUT2D eigenvalue weighted by atomic mass is 10.0. The largest absolute Gasteiger partial charge is 0.508 e. The Labute approximate surface area is 133 Å². The first-order valence-electron chi connectivity index (χ1n) is 8.71. The lowest BCUT2D eigenvalue weighted by molar-refractivity contribution is 0.215. The van der Waals surface area contributed by atoms with Crippen LogP contribution < -0.4 is 0 Å². The highest BCUT2D eigenvalue weighted by Gasteiger charge is 2.17. The summed E-state index contributed by atoms with van der Waals surface area (Å²) < 4.78 is 0. The van der Waals surface area contributed by atoms with E-state index in [2.05, 4.69) is 9.80 Å². The zero-order chi connectivity index (χ0) is 15.4. The minimum atomic E-state index is 0.329. The van der Waals surface area contributed by atoms with E-state index < -0.39 is 0 Å². The maximum Gasteiger partial charge on any atom is 0.120 e. The Bertz CT molecular complexity index is 446. The van der Waals surface area contributed by atoms with Crippen LogP contribution >= 0.6 is 0 Å². The van der Waals surface area contributed by atoms with Crippen molar-refractivity contribution in [1.29, 1.82) is 0 Å². The van der Waals surface area contributed by atoms with Crippen LogP contribution in [0, 0.1) is 0 Å². The van der Waals surface area contributed by atoms with Gasteiger partial charge in [0.25, 0.3) is 0 Å². The third-order valence-corrected chi connectivity index (χ3v) is 4.97. The molecule has 2 heterocycles. The molecule has 4 heteroatoms. The van der Waals surface area contributed by atoms with E-state index in [1.807, 2.05) is 0 Å². The Morgan fingerprint density at radius 1 is 0.636 bits per heavy atom. The summed E-state index contributed by atoms with van der Waals surface area (Å²) in [7, 11) is 0. The molecule has 3 rings (SSSR count). The fraction of sp³-hybridized carbons (Fsp3) is 0.667. The highest BCUT2D eigenvalue weighted by molar-refractivity contribution is 5.45. The first-order chi connectivity index (χ1) is 10.7. The topological polar surface area (TPSA) is 46.9 Å². The van der Waals surface area contributed by atoms with Gasteiger partial charge < -0.3 is 10.2 Å². The van der Waals surface area contributed by atoms with Crippen LogP contribution in [0.1, 0.15) is 49.7 Å². The van der Waals surface area contributed by atoms with Crippen molar-refractivity contribution < 1.29 is 10.2 Å². The molecular formula is C18H28N2O2. The van der Waals surface area contributed by atoms with Crippen molar-refractivity contribution in [3.05, 3.63) is 23.3 Å². The molecule has 0 amide bonds. The number of benzene rings is 1. The molecule has 0 atom stereocenters. The van der Waals surface area contributed by atoms with Gasteiger partial charge in [0.15, 0.2) is 0 Å². The molecule has 4 nitrogen and oxygen atoms in total. The predicted molar refractivity (Wildman–Crippen MR) is 88.0 cm³/mol. The lowest BCUT2D eigenvalue weighted by Gasteiger charge is -2.28. The summed E-state index contributed by atoms with van der Waals surface area (Å²) >= 11 is 0. The van der Waals surface area contributed by atoms with Crippen molar-refractivity contribution in [1.82, 2.24) is 9.80 Å². The normalized spacial score (nSPS) is 21.1. The quantitative estimate of drug-likeness (QED) is 0.839. The van der Waals surface area contributed by atoms with E-state index in [9.17, 15) is 10.2 Å². The number of phenols is 2. The van der Waals surface area contributed by atoms with Gasteiger partial charge in [-0.15, -0.1) is 0 Å². The summed E-state index contributed by atoms with van der Waals surface area (Å²) in [6, 6.07) is 3.53. The minimum Gasteiger partial charge on any atom is -0.508 e. The minimum absolute atomic E-state index is 0.329. The standard InChI is InChI=1S/C18H28N2O2/c21-17-12-16(14-20-9-5-2-6-10-20)18(22)11-15(17)13-19-7-3-1-4-8-19/h11-12,21-22H,1-10,13-14H2. The number of nitrogens with zero attached hydrogens (tertiary/aromatic N) is 2. The number of hydrogen-bond donors (Lipinski definition) is 2. The molecule has 2 fully saturated rings. The van der Waals surface area contributed by atoms with E-state index in [-0.39, 0.29) is 0 Å². The second kappa shape index (κ2) is 7.34. The highest BCUT2D eigenvalue weighted by atomic mass is 16.3. The first kappa shape index (κ1) is 15.6. The molecule has 0 saturated carbocycles. The van der Waals surface area contributed by atoms with Crippen LogP contribution in [-0.2, 0) is 13.1 Å². The molecule has 2 aliphatic rings. The van der Waals surface area contributed by atoms with Crippen molar-refractivity contribution in [2.45, 2.75) is 51.6 Å². The first-order valence-corrected chi connectivity index (χ1v) is 8.71. The fourth-order valence-corrected chi connectivity index (χ4v) is 3.63. The van der Waals surface area contributed by atoms with E-state index >= 15 is 0 Å². The number of rotatable bonds is 4. The van der Waals surface area contributed by atoms with Crippen molar-refractivity contribution in [3.8, 4) is 11.5 Å². The molecule has 0 aromatic heterocycles. The van der Waals surface area contributed by atoms with Crippen LogP contribution in [0.15, 0.2) is 12.1 Å². The summed E-state index contributed by atoms with van der Waals surface area (Å²) in [5.74, 6) is 0.658. The van der Waals surface area contributed by atoms with Crippen LogP contribution in [0.5, 0.6) is 11.5 Å². The Morgan fingerprint density at radius 2 is 1.00 bits per heavy atom. The maximum absolute atomic E-state index is 10.3. The zero-order valence-electron chi connectivity index (χ0n) is 13.4.